The minimum atomic E-state index is -0.428. The number of aryl methyl sites for hydroxylation is 2. The summed E-state index contributed by atoms with van der Waals surface area (Å²) < 4.78 is 28.6. The van der Waals surface area contributed by atoms with E-state index >= 15 is 0 Å². The third-order valence-corrected chi connectivity index (χ3v) is 7.90. The summed E-state index contributed by atoms with van der Waals surface area (Å²) in [7, 11) is 8.12. The van der Waals surface area contributed by atoms with Gasteiger partial charge >= 0.3 is 0 Å². The third-order valence-electron chi connectivity index (χ3n) is 7.90. The summed E-state index contributed by atoms with van der Waals surface area (Å²) in [5, 5.41) is 11.3. The van der Waals surface area contributed by atoms with Crippen molar-refractivity contribution in [1.29, 1.82) is 0 Å². The maximum atomic E-state index is 11.3. The Morgan fingerprint density at radius 3 is 1.44 bits per heavy atom. The van der Waals surface area contributed by atoms with Crippen molar-refractivity contribution in [1.82, 2.24) is 0 Å². The van der Waals surface area contributed by atoms with Crippen LogP contribution in [0.2, 0.25) is 0 Å². The first-order valence-corrected chi connectivity index (χ1v) is 14.7. The highest BCUT2D eigenvalue weighted by atomic mass is 16.5. The number of benzene rings is 4. The molecule has 1 N–H and O–H groups in total. The second-order valence-corrected chi connectivity index (χ2v) is 10.8. The van der Waals surface area contributed by atoms with Gasteiger partial charge in [-0.1, -0.05) is 35.4 Å². The average molecular weight is 609 g/mol. The van der Waals surface area contributed by atoms with Crippen molar-refractivity contribution in [2.75, 3.05) is 45.3 Å². The zero-order chi connectivity index (χ0) is 32.1. The van der Waals surface area contributed by atoms with Crippen LogP contribution < -0.4 is 24.0 Å². The quantitative estimate of drug-likeness (QED) is 0.181. The zero-order valence-electron chi connectivity index (χ0n) is 26.8. The Hall–Kier alpha value is -5.08. The van der Waals surface area contributed by atoms with E-state index < -0.39 is 6.10 Å². The van der Waals surface area contributed by atoms with Gasteiger partial charge < -0.3 is 38.6 Å². The molecule has 0 bridgehead atoms. The SMILES string of the molecule is COC1=CC(O)=C(N(c2ccc(C)cc2)c2ccc(N(c3ccc(C)cc3)c3c(OC)cc(OC)cc3OC)cc2)C(OC)C1. The molecular formula is C37H40N2O6. The van der Waals surface area contributed by atoms with Gasteiger partial charge in [0.1, 0.15) is 40.6 Å². The summed E-state index contributed by atoms with van der Waals surface area (Å²) in [5.41, 5.74) is 7.18. The molecule has 0 amide bonds. The van der Waals surface area contributed by atoms with Crippen LogP contribution in [0.1, 0.15) is 17.5 Å². The lowest BCUT2D eigenvalue weighted by Gasteiger charge is -2.35. The molecule has 234 valence electrons. The van der Waals surface area contributed by atoms with Gasteiger partial charge in [0.15, 0.2) is 0 Å². The predicted octanol–water partition coefficient (Wildman–Crippen LogP) is 8.66. The van der Waals surface area contributed by atoms with E-state index in [1.54, 1.807) is 41.6 Å². The Kier molecular flexibility index (Phi) is 9.54. The van der Waals surface area contributed by atoms with E-state index in [0.717, 1.165) is 39.6 Å². The number of anilines is 5. The van der Waals surface area contributed by atoms with Gasteiger partial charge in [-0.2, -0.15) is 0 Å². The number of nitrogens with zero attached hydrogens (tertiary/aromatic N) is 2. The molecule has 0 fully saturated rings. The van der Waals surface area contributed by atoms with Crippen molar-refractivity contribution in [3.05, 3.63) is 119 Å². The highest BCUT2D eigenvalue weighted by molar-refractivity contribution is 5.86. The molecule has 1 aliphatic carbocycles. The lowest BCUT2D eigenvalue weighted by Crippen LogP contribution is -2.32. The van der Waals surface area contributed by atoms with Crippen LogP contribution in [0.15, 0.2) is 108 Å². The minimum Gasteiger partial charge on any atom is -0.506 e. The fourth-order valence-electron chi connectivity index (χ4n) is 5.51. The molecule has 0 heterocycles. The molecule has 0 saturated carbocycles. The first-order chi connectivity index (χ1) is 21.8. The molecule has 0 spiro atoms. The van der Waals surface area contributed by atoms with Gasteiger partial charge in [-0.05, 0) is 62.4 Å². The van der Waals surface area contributed by atoms with Crippen molar-refractivity contribution < 1.29 is 28.8 Å². The van der Waals surface area contributed by atoms with Crippen LogP contribution in [0.5, 0.6) is 17.2 Å². The van der Waals surface area contributed by atoms with Crippen molar-refractivity contribution in [2.45, 2.75) is 26.4 Å². The summed E-state index contributed by atoms with van der Waals surface area (Å²) >= 11 is 0. The Morgan fingerprint density at radius 2 is 1.04 bits per heavy atom. The van der Waals surface area contributed by atoms with Crippen LogP contribution in [0.4, 0.5) is 28.4 Å². The number of aliphatic hydroxyl groups is 1. The van der Waals surface area contributed by atoms with Gasteiger partial charge in [0.25, 0.3) is 0 Å². The van der Waals surface area contributed by atoms with Crippen LogP contribution in [-0.2, 0) is 9.47 Å². The van der Waals surface area contributed by atoms with Crippen LogP contribution in [0.3, 0.4) is 0 Å². The number of rotatable bonds is 11. The van der Waals surface area contributed by atoms with Gasteiger partial charge in [0.2, 0.25) is 0 Å². The fraction of sp³-hybridized carbons (Fsp3) is 0.243. The maximum Gasteiger partial charge on any atom is 0.150 e. The molecule has 1 unspecified atom stereocenters. The van der Waals surface area contributed by atoms with Crippen LogP contribution in [-0.4, -0.2) is 46.8 Å². The molecule has 0 aromatic heterocycles. The second-order valence-electron chi connectivity index (χ2n) is 10.8. The monoisotopic (exact) mass is 608 g/mol. The van der Waals surface area contributed by atoms with E-state index in [2.05, 4.69) is 48.2 Å². The molecule has 1 aliphatic rings. The molecule has 0 saturated heterocycles. The summed E-state index contributed by atoms with van der Waals surface area (Å²) in [4.78, 5) is 4.12. The Bertz CT molecular complexity index is 1650. The van der Waals surface area contributed by atoms with Gasteiger partial charge in [-0.3, -0.25) is 0 Å². The number of hydrogen-bond donors (Lipinski definition) is 1. The standard InChI is InChI=1S/C37H40N2O6/c1-24-8-12-26(13-9-24)38(36-32(40)20-30(41-3)21-33(36)43-5)28-16-18-29(19-17-28)39(27-14-10-25(2)11-15-27)37-34(44-6)22-31(42-4)23-35(37)45-7/h8-20,22-23,33,40H,21H2,1-7H3. The first kappa shape index (κ1) is 31.3. The van der Waals surface area contributed by atoms with Crippen molar-refractivity contribution in [3.63, 3.8) is 0 Å². The summed E-state index contributed by atoms with van der Waals surface area (Å²) in [6.07, 6.45) is 1.72. The van der Waals surface area contributed by atoms with E-state index in [1.807, 2.05) is 60.4 Å². The summed E-state index contributed by atoms with van der Waals surface area (Å²) in [6.45, 7) is 4.11. The van der Waals surface area contributed by atoms with Crippen LogP contribution in [0.25, 0.3) is 0 Å². The number of aliphatic hydroxyl groups excluding tert-OH is 1. The van der Waals surface area contributed by atoms with Crippen LogP contribution >= 0.6 is 0 Å². The second kappa shape index (κ2) is 13.7. The first-order valence-electron chi connectivity index (χ1n) is 14.7. The van der Waals surface area contributed by atoms with Crippen molar-refractivity contribution in [3.8, 4) is 17.2 Å². The summed E-state index contributed by atoms with van der Waals surface area (Å²) in [5.74, 6) is 2.55. The predicted molar refractivity (Wildman–Crippen MR) is 179 cm³/mol. The smallest absolute Gasteiger partial charge is 0.150 e. The van der Waals surface area contributed by atoms with Crippen LogP contribution in [0, 0.1) is 13.8 Å². The Labute approximate surface area is 265 Å². The molecule has 45 heavy (non-hydrogen) atoms. The van der Waals surface area contributed by atoms with Gasteiger partial charge in [0.05, 0.1) is 34.1 Å². The van der Waals surface area contributed by atoms with Crippen molar-refractivity contribution >= 4 is 28.4 Å². The number of methoxy groups -OCH3 is 5. The topological polar surface area (TPSA) is 72.9 Å². The highest BCUT2D eigenvalue weighted by Crippen LogP contribution is 2.49. The van der Waals surface area contributed by atoms with Gasteiger partial charge in [-0.15, -0.1) is 0 Å². The average Bonchev–Trinajstić information content (AvgIpc) is 3.07. The van der Waals surface area contributed by atoms with Crippen molar-refractivity contribution in [2.24, 2.45) is 0 Å². The largest absolute Gasteiger partial charge is 0.506 e. The molecule has 8 nitrogen and oxygen atoms in total. The van der Waals surface area contributed by atoms with E-state index in [9.17, 15) is 5.11 Å². The number of ether oxygens (including phenoxy) is 5. The molecule has 0 radical (unpaired) electrons. The Balaban J connectivity index is 1.68. The lowest BCUT2D eigenvalue weighted by atomic mass is 10.0. The molecule has 0 aliphatic heterocycles. The van der Waals surface area contributed by atoms with E-state index in [4.69, 9.17) is 23.7 Å². The third kappa shape index (κ3) is 6.42. The Morgan fingerprint density at radius 1 is 0.600 bits per heavy atom. The zero-order valence-corrected chi connectivity index (χ0v) is 26.8. The van der Waals surface area contributed by atoms with E-state index in [0.29, 0.717) is 35.1 Å². The molecular weight excluding hydrogens is 568 g/mol. The lowest BCUT2D eigenvalue weighted by molar-refractivity contribution is 0.105. The van der Waals surface area contributed by atoms with Gasteiger partial charge in [-0.25, -0.2) is 0 Å². The number of allylic oxidation sites excluding steroid dienone is 1. The van der Waals surface area contributed by atoms with Gasteiger partial charge in [0, 0.05) is 54.5 Å². The minimum absolute atomic E-state index is 0.0867. The molecule has 8 heteroatoms. The fourth-order valence-corrected chi connectivity index (χ4v) is 5.51. The van der Waals surface area contributed by atoms with E-state index in [-0.39, 0.29) is 5.76 Å². The summed E-state index contributed by atoms with van der Waals surface area (Å²) in [6, 6.07) is 28.3. The normalized spacial score (nSPS) is 14.5. The highest BCUT2D eigenvalue weighted by Gasteiger charge is 2.31. The molecule has 5 rings (SSSR count). The maximum absolute atomic E-state index is 11.3. The molecule has 4 aromatic rings. The molecule has 1 atom stereocenters. The number of hydrogen-bond acceptors (Lipinski definition) is 8. The molecule has 4 aromatic carbocycles. The van der Waals surface area contributed by atoms with E-state index in [1.165, 1.54) is 0 Å².